The highest BCUT2D eigenvalue weighted by Gasteiger charge is 2.00. The maximum atomic E-state index is 10.2. The third-order valence-electron chi connectivity index (χ3n) is 2.06. The van der Waals surface area contributed by atoms with E-state index in [4.69, 9.17) is 0 Å². The summed E-state index contributed by atoms with van der Waals surface area (Å²) < 4.78 is 20.4. The van der Waals surface area contributed by atoms with Crippen molar-refractivity contribution in [3.05, 3.63) is 0 Å². The molecule has 0 bridgehead atoms. The van der Waals surface area contributed by atoms with Gasteiger partial charge in [0.05, 0.1) is 0 Å². The van der Waals surface area contributed by atoms with Crippen LogP contribution >= 0.6 is 0 Å². The van der Waals surface area contributed by atoms with Gasteiger partial charge in [0.2, 0.25) is 0 Å². The van der Waals surface area contributed by atoms with Gasteiger partial charge >= 0.3 is 0 Å². The topological polar surface area (TPSA) is 40.1 Å². The Hall–Kier alpha value is 0.110. The largest absolute Gasteiger partial charge is 0.772 e. The fourth-order valence-corrected chi connectivity index (χ4v) is 1.65. The van der Waals surface area contributed by atoms with Crippen molar-refractivity contribution in [1.82, 2.24) is 0 Å². The molecule has 0 aliphatic heterocycles. The molecule has 0 fully saturated rings. The first kappa shape index (κ1) is 12.1. The zero-order valence-corrected chi connectivity index (χ0v) is 8.86. The maximum absolute atomic E-state index is 10.2. The molecule has 0 amide bonds. The molecule has 0 aromatic rings. The van der Waals surface area contributed by atoms with Gasteiger partial charge in [-0.3, -0.25) is 4.21 Å². The van der Waals surface area contributed by atoms with Gasteiger partial charge in [0.25, 0.3) is 0 Å². The molecule has 0 N–H and O–H groups in total. The Bertz CT molecular complexity index is 126. The van der Waals surface area contributed by atoms with Gasteiger partial charge in [0.15, 0.2) is 0 Å². The zero-order valence-electron chi connectivity index (χ0n) is 8.04. The Morgan fingerprint density at radius 3 is 2.42 bits per heavy atom. The van der Waals surface area contributed by atoms with Crippen LogP contribution in [0.4, 0.5) is 0 Å². The van der Waals surface area contributed by atoms with Gasteiger partial charge in [0.1, 0.15) is 0 Å². The molecule has 0 aliphatic rings. The molecule has 0 aromatic heterocycles. The molecule has 3 heteroatoms. The molecule has 2 nitrogen and oxygen atoms in total. The van der Waals surface area contributed by atoms with Crippen LogP contribution in [-0.2, 0) is 11.1 Å². The third kappa shape index (κ3) is 8.21. The molecule has 0 aromatic carbocycles. The van der Waals surface area contributed by atoms with Gasteiger partial charge in [-0.15, -0.1) is 0 Å². The van der Waals surface area contributed by atoms with Gasteiger partial charge in [-0.2, -0.15) is 0 Å². The Balaban J connectivity index is 3.19. The molecule has 12 heavy (non-hydrogen) atoms. The fourth-order valence-electron chi connectivity index (χ4n) is 1.25. The monoisotopic (exact) mass is 191 g/mol. The van der Waals surface area contributed by atoms with E-state index in [0.717, 1.165) is 12.8 Å². The van der Waals surface area contributed by atoms with Gasteiger partial charge in [0, 0.05) is 5.75 Å². The summed E-state index contributed by atoms with van der Waals surface area (Å²) in [6, 6.07) is 0. The van der Waals surface area contributed by atoms with E-state index in [1.165, 1.54) is 19.3 Å². The smallest absolute Gasteiger partial charge is 0.0102 e. The van der Waals surface area contributed by atoms with Gasteiger partial charge in [-0.1, -0.05) is 44.2 Å². The van der Waals surface area contributed by atoms with Crippen LogP contribution in [0, 0.1) is 5.92 Å². The number of rotatable bonds is 7. The average molecular weight is 191 g/mol. The van der Waals surface area contributed by atoms with E-state index in [9.17, 15) is 8.76 Å². The Morgan fingerprint density at radius 2 is 1.92 bits per heavy atom. The summed E-state index contributed by atoms with van der Waals surface area (Å²) in [7, 11) is 0. The van der Waals surface area contributed by atoms with Crippen molar-refractivity contribution in [2.24, 2.45) is 5.92 Å². The predicted octanol–water partition coefficient (Wildman–Crippen LogP) is 2.47. The number of hydrogen-bond donors (Lipinski definition) is 0. The lowest BCUT2D eigenvalue weighted by Crippen LogP contribution is -2.00. The Labute approximate surface area is 78.0 Å². The van der Waals surface area contributed by atoms with Crippen LogP contribution in [0.3, 0.4) is 0 Å². The highest BCUT2D eigenvalue weighted by Crippen LogP contribution is 2.13. The van der Waals surface area contributed by atoms with Crippen molar-refractivity contribution in [2.45, 2.75) is 46.0 Å². The molecule has 0 saturated heterocycles. The van der Waals surface area contributed by atoms with Crippen molar-refractivity contribution in [1.29, 1.82) is 0 Å². The zero-order chi connectivity index (χ0) is 9.40. The maximum Gasteiger partial charge on any atom is 0.0102 e. The summed E-state index contributed by atoms with van der Waals surface area (Å²) in [5.74, 6) is 1.02. The molecule has 0 rings (SSSR count). The lowest BCUT2D eigenvalue weighted by molar-refractivity contribution is 0.462. The van der Waals surface area contributed by atoms with Crippen LogP contribution in [0.2, 0.25) is 0 Å². The summed E-state index contributed by atoms with van der Waals surface area (Å²) >= 11 is -1.84. The Kier molecular flexibility index (Phi) is 7.81. The molecular weight excluding hydrogens is 172 g/mol. The second-order valence-electron chi connectivity index (χ2n) is 3.40. The molecule has 0 saturated carbocycles. The molecule has 0 spiro atoms. The van der Waals surface area contributed by atoms with Gasteiger partial charge in [-0.25, -0.2) is 0 Å². The average Bonchev–Trinajstić information content (AvgIpc) is 2.00. The van der Waals surface area contributed by atoms with E-state index in [1.54, 1.807) is 0 Å². The van der Waals surface area contributed by atoms with E-state index in [1.807, 2.05) is 0 Å². The molecule has 74 valence electrons. The van der Waals surface area contributed by atoms with Crippen molar-refractivity contribution in [3.63, 3.8) is 0 Å². The third-order valence-corrected chi connectivity index (χ3v) is 2.68. The second-order valence-corrected chi connectivity index (χ2v) is 4.41. The van der Waals surface area contributed by atoms with Crippen molar-refractivity contribution < 1.29 is 8.76 Å². The molecule has 2 unspecified atom stereocenters. The van der Waals surface area contributed by atoms with Crippen LogP contribution in [0.15, 0.2) is 0 Å². The minimum absolute atomic E-state index is 0.330. The predicted molar refractivity (Wildman–Crippen MR) is 51.7 cm³/mol. The normalized spacial score (nSPS) is 15.9. The molecule has 0 radical (unpaired) electrons. The highest BCUT2D eigenvalue weighted by molar-refractivity contribution is 7.79. The lowest BCUT2D eigenvalue weighted by atomic mass is 10.00. The van der Waals surface area contributed by atoms with Crippen LogP contribution < -0.4 is 0 Å². The SMILES string of the molecule is CCCCC(C)CCCS(=O)[O-]. The van der Waals surface area contributed by atoms with E-state index in [-0.39, 0.29) is 0 Å². The van der Waals surface area contributed by atoms with E-state index < -0.39 is 11.1 Å². The molecular formula is C9H19O2S-. The van der Waals surface area contributed by atoms with Crippen molar-refractivity contribution in [3.8, 4) is 0 Å². The summed E-state index contributed by atoms with van der Waals surface area (Å²) in [6.45, 7) is 4.38. The first-order valence-electron chi connectivity index (χ1n) is 4.72. The summed E-state index contributed by atoms with van der Waals surface area (Å²) in [6.07, 6.45) is 5.61. The van der Waals surface area contributed by atoms with Crippen LogP contribution in [0.5, 0.6) is 0 Å². The van der Waals surface area contributed by atoms with Crippen LogP contribution in [-0.4, -0.2) is 14.5 Å². The standard InChI is InChI=1S/C9H20O2S/c1-3-4-6-9(2)7-5-8-12(10)11/h9H,3-8H2,1-2H3,(H,10,11)/p-1. The first-order chi connectivity index (χ1) is 5.66. The van der Waals surface area contributed by atoms with E-state index >= 15 is 0 Å². The van der Waals surface area contributed by atoms with Gasteiger partial charge in [-0.05, 0) is 18.8 Å². The van der Waals surface area contributed by atoms with E-state index in [0.29, 0.717) is 11.7 Å². The van der Waals surface area contributed by atoms with Crippen LogP contribution in [0.25, 0.3) is 0 Å². The Morgan fingerprint density at radius 1 is 1.33 bits per heavy atom. The second kappa shape index (κ2) is 7.74. The summed E-state index contributed by atoms with van der Waals surface area (Å²) in [4.78, 5) is 0. The molecule has 2 atom stereocenters. The van der Waals surface area contributed by atoms with E-state index in [2.05, 4.69) is 13.8 Å². The quantitative estimate of drug-likeness (QED) is 0.580. The highest BCUT2D eigenvalue weighted by atomic mass is 32.2. The van der Waals surface area contributed by atoms with Crippen molar-refractivity contribution in [2.75, 3.05) is 5.75 Å². The first-order valence-corrected chi connectivity index (χ1v) is 5.97. The minimum Gasteiger partial charge on any atom is -0.772 e. The fraction of sp³-hybridized carbons (Fsp3) is 1.00. The summed E-state index contributed by atoms with van der Waals surface area (Å²) in [5, 5.41) is 0. The number of hydrogen-bond acceptors (Lipinski definition) is 2. The minimum atomic E-state index is -1.84. The lowest BCUT2D eigenvalue weighted by Gasteiger charge is -2.10. The molecule has 0 heterocycles. The molecule has 0 aliphatic carbocycles. The van der Waals surface area contributed by atoms with Crippen LogP contribution in [0.1, 0.15) is 46.0 Å². The summed E-state index contributed by atoms with van der Waals surface area (Å²) in [5.41, 5.74) is 0. The number of unbranched alkanes of at least 4 members (excludes halogenated alkanes) is 1. The van der Waals surface area contributed by atoms with Gasteiger partial charge < -0.3 is 4.55 Å². The van der Waals surface area contributed by atoms with Crippen molar-refractivity contribution >= 4 is 11.1 Å².